The molecule has 2 amide bonds. The molecule has 0 saturated carbocycles. The van der Waals surface area contributed by atoms with Crippen LogP contribution in [-0.4, -0.2) is 50.8 Å². The number of rotatable bonds is 12. The van der Waals surface area contributed by atoms with E-state index in [-0.39, 0.29) is 17.3 Å². The average Bonchev–Trinajstić information content (AvgIpc) is 2.89. The van der Waals surface area contributed by atoms with Gasteiger partial charge in [-0.25, -0.2) is 8.42 Å². The number of amides is 2. The number of carbonyl (C=O) groups excluding carboxylic acids is 2. The van der Waals surface area contributed by atoms with Gasteiger partial charge in [0.25, 0.3) is 10.0 Å². The van der Waals surface area contributed by atoms with Crippen LogP contribution < -0.4 is 9.62 Å². The predicted octanol–water partition coefficient (Wildman–Crippen LogP) is 4.79. The molecule has 3 rings (SSSR count). The Kier molecular flexibility index (Phi) is 10.3. The summed E-state index contributed by atoms with van der Waals surface area (Å²) in [6, 6.07) is 21.1. The van der Waals surface area contributed by atoms with Gasteiger partial charge >= 0.3 is 0 Å². The molecule has 0 saturated heterocycles. The second kappa shape index (κ2) is 13.4. The van der Waals surface area contributed by atoms with Crippen LogP contribution in [0.2, 0.25) is 0 Å². The van der Waals surface area contributed by atoms with Crippen LogP contribution in [0.15, 0.2) is 77.7 Å². The smallest absolute Gasteiger partial charge is 0.264 e. The van der Waals surface area contributed by atoms with Crippen molar-refractivity contribution in [2.24, 2.45) is 0 Å². The summed E-state index contributed by atoms with van der Waals surface area (Å²) in [6.45, 7) is 9.65. The lowest BCUT2D eigenvalue weighted by molar-refractivity contribution is -0.139. The summed E-state index contributed by atoms with van der Waals surface area (Å²) < 4.78 is 29.1. The summed E-state index contributed by atoms with van der Waals surface area (Å²) in [5.74, 6) is -0.681. The van der Waals surface area contributed by atoms with Crippen LogP contribution >= 0.6 is 0 Å². The molecule has 0 radical (unpaired) electrons. The van der Waals surface area contributed by atoms with E-state index in [1.54, 1.807) is 36.4 Å². The lowest BCUT2D eigenvalue weighted by Gasteiger charge is -2.33. The largest absolute Gasteiger partial charge is 0.355 e. The van der Waals surface area contributed by atoms with Gasteiger partial charge in [0.15, 0.2) is 0 Å². The molecule has 1 atom stereocenters. The van der Waals surface area contributed by atoms with Crippen LogP contribution in [0, 0.1) is 20.8 Å². The number of likely N-dealkylation sites (N-methyl/N-ethyl adjacent to an activating group) is 1. The first kappa shape index (κ1) is 29.9. The highest BCUT2D eigenvalue weighted by Gasteiger charge is 2.33. The Bertz CT molecular complexity index is 1350. The van der Waals surface area contributed by atoms with Crippen LogP contribution in [0.1, 0.15) is 42.5 Å². The Labute approximate surface area is 232 Å². The van der Waals surface area contributed by atoms with Crippen molar-refractivity contribution in [2.45, 2.75) is 58.4 Å². The van der Waals surface area contributed by atoms with E-state index < -0.39 is 28.5 Å². The van der Waals surface area contributed by atoms with E-state index in [1.807, 2.05) is 71.0 Å². The number of benzene rings is 3. The monoisotopic (exact) mass is 549 g/mol. The first-order chi connectivity index (χ1) is 18.6. The lowest BCUT2D eigenvalue weighted by atomic mass is 10.1. The number of hydrogen-bond donors (Lipinski definition) is 1. The van der Waals surface area contributed by atoms with Gasteiger partial charge in [-0.3, -0.25) is 13.9 Å². The van der Waals surface area contributed by atoms with Crippen molar-refractivity contribution in [3.8, 4) is 0 Å². The molecule has 0 fully saturated rings. The zero-order chi connectivity index (χ0) is 28.6. The molecule has 3 aromatic carbocycles. The van der Waals surface area contributed by atoms with E-state index in [0.717, 1.165) is 22.3 Å². The Morgan fingerprint density at radius 1 is 0.846 bits per heavy atom. The van der Waals surface area contributed by atoms with Crippen molar-refractivity contribution in [2.75, 3.05) is 23.9 Å². The van der Waals surface area contributed by atoms with Crippen LogP contribution in [0.4, 0.5) is 5.69 Å². The Morgan fingerprint density at radius 3 is 2.03 bits per heavy atom. The maximum Gasteiger partial charge on any atom is 0.264 e. The van der Waals surface area contributed by atoms with E-state index >= 15 is 0 Å². The van der Waals surface area contributed by atoms with Crippen molar-refractivity contribution in [3.05, 3.63) is 95.1 Å². The molecular weight excluding hydrogens is 510 g/mol. The van der Waals surface area contributed by atoms with Crippen molar-refractivity contribution >= 4 is 27.5 Å². The summed E-state index contributed by atoms with van der Waals surface area (Å²) in [7, 11) is -4.08. The molecule has 0 bridgehead atoms. The highest BCUT2D eigenvalue weighted by Crippen LogP contribution is 2.27. The molecule has 0 aliphatic rings. The normalized spacial score (nSPS) is 12.0. The lowest BCUT2D eigenvalue weighted by Crippen LogP contribution is -2.53. The zero-order valence-electron chi connectivity index (χ0n) is 23.5. The molecule has 0 aliphatic heterocycles. The van der Waals surface area contributed by atoms with Gasteiger partial charge in [-0.05, 0) is 81.5 Å². The third-order valence-electron chi connectivity index (χ3n) is 6.60. The molecule has 0 aromatic heterocycles. The van der Waals surface area contributed by atoms with Gasteiger partial charge in [0, 0.05) is 13.1 Å². The molecule has 1 N–H and O–H groups in total. The number of nitrogens with one attached hydrogen (secondary N) is 1. The van der Waals surface area contributed by atoms with E-state index in [2.05, 4.69) is 5.32 Å². The van der Waals surface area contributed by atoms with Gasteiger partial charge in [-0.2, -0.15) is 0 Å². The van der Waals surface area contributed by atoms with Gasteiger partial charge in [0.05, 0.1) is 10.6 Å². The fourth-order valence-electron chi connectivity index (χ4n) is 4.65. The third-order valence-corrected chi connectivity index (χ3v) is 8.39. The molecule has 0 aliphatic carbocycles. The molecule has 0 spiro atoms. The zero-order valence-corrected chi connectivity index (χ0v) is 24.3. The standard InChI is InChI=1S/C31H39N3O4S/c1-6-29(31(36)32-7-2)33(18-17-26-11-9-8-10-12-26)30(35)22-34(27-20-24(4)19-25(5)21-27)39(37,38)28-15-13-23(3)14-16-28/h8-16,19-21,29H,6-7,17-18,22H2,1-5H3,(H,32,36)/t29-/m0/s1. The van der Waals surface area contributed by atoms with E-state index in [0.29, 0.717) is 25.1 Å². The summed E-state index contributed by atoms with van der Waals surface area (Å²) in [5, 5.41) is 2.83. The van der Waals surface area contributed by atoms with Gasteiger partial charge in [0.1, 0.15) is 12.6 Å². The average molecular weight is 550 g/mol. The highest BCUT2D eigenvalue weighted by atomic mass is 32.2. The van der Waals surface area contributed by atoms with Crippen LogP contribution in [0.5, 0.6) is 0 Å². The minimum Gasteiger partial charge on any atom is -0.355 e. The molecule has 39 heavy (non-hydrogen) atoms. The maximum absolute atomic E-state index is 14.0. The summed E-state index contributed by atoms with van der Waals surface area (Å²) in [5.41, 5.74) is 4.14. The SMILES string of the molecule is CCNC(=O)[C@H](CC)N(CCc1ccccc1)C(=O)CN(c1cc(C)cc(C)c1)S(=O)(=O)c1ccc(C)cc1. The number of hydrogen-bond acceptors (Lipinski definition) is 4. The van der Waals surface area contributed by atoms with Crippen LogP contribution in [0.3, 0.4) is 0 Å². The molecule has 208 valence electrons. The molecule has 0 unspecified atom stereocenters. The Balaban J connectivity index is 2.04. The van der Waals surface area contributed by atoms with Gasteiger partial charge < -0.3 is 10.2 Å². The third kappa shape index (κ3) is 7.69. The number of aryl methyl sites for hydroxylation is 3. The van der Waals surface area contributed by atoms with Crippen molar-refractivity contribution in [1.29, 1.82) is 0 Å². The fourth-order valence-corrected chi connectivity index (χ4v) is 6.05. The molecule has 3 aromatic rings. The number of sulfonamides is 1. The van der Waals surface area contributed by atoms with Crippen molar-refractivity contribution in [3.63, 3.8) is 0 Å². The molecule has 0 heterocycles. The van der Waals surface area contributed by atoms with E-state index in [9.17, 15) is 18.0 Å². The number of anilines is 1. The molecule has 8 heteroatoms. The van der Waals surface area contributed by atoms with Gasteiger partial charge in [-0.15, -0.1) is 0 Å². The van der Waals surface area contributed by atoms with E-state index in [1.165, 1.54) is 9.21 Å². The molecule has 7 nitrogen and oxygen atoms in total. The second-order valence-electron chi connectivity index (χ2n) is 9.81. The predicted molar refractivity (Wildman–Crippen MR) is 156 cm³/mol. The minimum absolute atomic E-state index is 0.103. The fraction of sp³-hybridized carbons (Fsp3) is 0.355. The first-order valence-electron chi connectivity index (χ1n) is 13.4. The molecular formula is C31H39N3O4S. The topological polar surface area (TPSA) is 86.8 Å². The second-order valence-corrected chi connectivity index (χ2v) is 11.7. The van der Waals surface area contributed by atoms with Crippen LogP contribution in [-0.2, 0) is 26.0 Å². The van der Waals surface area contributed by atoms with Crippen LogP contribution in [0.25, 0.3) is 0 Å². The maximum atomic E-state index is 14.0. The first-order valence-corrected chi connectivity index (χ1v) is 14.8. The summed E-state index contributed by atoms with van der Waals surface area (Å²) >= 11 is 0. The Hall–Kier alpha value is -3.65. The van der Waals surface area contributed by atoms with Gasteiger partial charge in [-0.1, -0.05) is 61.0 Å². The Morgan fingerprint density at radius 2 is 1.46 bits per heavy atom. The van der Waals surface area contributed by atoms with E-state index in [4.69, 9.17) is 0 Å². The quantitative estimate of drug-likeness (QED) is 0.352. The summed E-state index contributed by atoms with van der Waals surface area (Å²) in [6.07, 6.45) is 0.942. The van der Waals surface area contributed by atoms with Gasteiger partial charge in [0.2, 0.25) is 11.8 Å². The van der Waals surface area contributed by atoms with Crippen molar-refractivity contribution in [1.82, 2.24) is 10.2 Å². The number of carbonyl (C=O) groups is 2. The minimum atomic E-state index is -4.08. The summed E-state index contributed by atoms with van der Waals surface area (Å²) in [4.78, 5) is 28.6. The van der Waals surface area contributed by atoms with Crippen molar-refractivity contribution < 1.29 is 18.0 Å². The highest BCUT2D eigenvalue weighted by molar-refractivity contribution is 7.92. The number of nitrogens with zero attached hydrogens (tertiary/aromatic N) is 2.